The Hall–Kier alpha value is -2.63. The molecule has 2 atom stereocenters. The molecular formula is C27H33N3O2. The average Bonchev–Trinajstić information content (AvgIpc) is 3.31. The molecule has 5 heteroatoms. The summed E-state index contributed by atoms with van der Waals surface area (Å²) in [4.78, 5) is 20.5. The van der Waals surface area contributed by atoms with Crippen LogP contribution in [-0.2, 0) is 24.2 Å². The summed E-state index contributed by atoms with van der Waals surface area (Å²) in [7, 11) is 0. The van der Waals surface area contributed by atoms with Gasteiger partial charge in [0.05, 0.1) is 6.10 Å². The number of benzene rings is 2. The number of carbonyl (C=O) groups excluding carboxylic acids is 1. The number of aryl methyl sites for hydroxylation is 1. The Kier molecular flexibility index (Phi) is 5.56. The number of nitrogens with one attached hydrogen (secondary N) is 1. The fourth-order valence-electron chi connectivity index (χ4n) is 5.52. The van der Waals surface area contributed by atoms with Gasteiger partial charge >= 0.3 is 0 Å². The number of amides is 1. The maximum atomic E-state index is 12.6. The molecule has 0 saturated heterocycles. The molecule has 2 aliphatic heterocycles. The Balaban J connectivity index is 1.32. The van der Waals surface area contributed by atoms with Gasteiger partial charge in [-0.2, -0.15) is 0 Å². The summed E-state index contributed by atoms with van der Waals surface area (Å²) in [6, 6.07) is 12.8. The zero-order valence-electron chi connectivity index (χ0n) is 19.3. The molecule has 0 spiro atoms. The number of aromatic amines is 1. The topological polar surface area (TPSA) is 59.6 Å². The fourth-order valence-corrected chi connectivity index (χ4v) is 5.52. The molecular weight excluding hydrogens is 398 g/mol. The lowest BCUT2D eigenvalue weighted by Crippen LogP contribution is -2.35. The minimum absolute atomic E-state index is 0.183. The van der Waals surface area contributed by atoms with Crippen molar-refractivity contribution in [2.75, 3.05) is 18.0 Å². The summed E-state index contributed by atoms with van der Waals surface area (Å²) in [6.07, 6.45) is 2.74. The molecule has 0 saturated carbocycles. The molecule has 32 heavy (non-hydrogen) atoms. The third kappa shape index (κ3) is 3.63. The normalized spacial score (nSPS) is 19.2. The van der Waals surface area contributed by atoms with Gasteiger partial charge in [0.25, 0.3) is 0 Å². The molecule has 0 aliphatic carbocycles. The van der Waals surface area contributed by atoms with E-state index in [4.69, 9.17) is 0 Å². The highest BCUT2D eigenvalue weighted by Crippen LogP contribution is 2.35. The smallest absolute Gasteiger partial charge is 0.227 e. The molecule has 3 heterocycles. The maximum Gasteiger partial charge on any atom is 0.227 e. The number of aliphatic hydroxyl groups excluding tert-OH is 1. The van der Waals surface area contributed by atoms with Crippen molar-refractivity contribution in [2.45, 2.75) is 65.1 Å². The van der Waals surface area contributed by atoms with Gasteiger partial charge in [0.2, 0.25) is 5.91 Å². The average molecular weight is 432 g/mol. The quantitative estimate of drug-likeness (QED) is 0.618. The van der Waals surface area contributed by atoms with E-state index in [0.717, 1.165) is 43.6 Å². The van der Waals surface area contributed by atoms with Crippen molar-refractivity contribution in [1.29, 1.82) is 0 Å². The van der Waals surface area contributed by atoms with Gasteiger partial charge in [-0.3, -0.25) is 9.69 Å². The summed E-state index contributed by atoms with van der Waals surface area (Å²) in [6.45, 7) is 8.72. The number of para-hydroxylation sites is 1. The lowest BCUT2D eigenvalue weighted by atomic mass is 10.0. The summed E-state index contributed by atoms with van der Waals surface area (Å²) in [5.74, 6) is 0.199. The second-order valence-corrected chi connectivity index (χ2v) is 9.54. The summed E-state index contributed by atoms with van der Waals surface area (Å²) >= 11 is 0. The molecule has 2 aromatic carbocycles. The van der Waals surface area contributed by atoms with Gasteiger partial charge in [0, 0.05) is 60.8 Å². The Labute approximate surface area is 190 Å². The van der Waals surface area contributed by atoms with E-state index < -0.39 is 6.10 Å². The van der Waals surface area contributed by atoms with Crippen LogP contribution in [-0.4, -0.2) is 40.0 Å². The highest BCUT2D eigenvalue weighted by Gasteiger charge is 2.31. The van der Waals surface area contributed by atoms with Gasteiger partial charge in [-0.1, -0.05) is 37.3 Å². The van der Waals surface area contributed by atoms with Crippen molar-refractivity contribution in [3.8, 4) is 0 Å². The van der Waals surface area contributed by atoms with E-state index in [2.05, 4.69) is 48.0 Å². The molecule has 2 N–H and O–H groups in total. The van der Waals surface area contributed by atoms with Gasteiger partial charge in [-0.25, -0.2) is 0 Å². The predicted molar refractivity (Wildman–Crippen MR) is 129 cm³/mol. The number of nitrogens with zero attached hydrogens (tertiary/aromatic N) is 2. The summed E-state index contributed by atoms with van der Waals surface area (Å²) < 4.78 is 0. The Morgan fingerprint density at radius 1 is 1.28 bits per heavy atom. The lowest BCUT2D eigenvalue weighted by Gasteiger charge is -2.29. The zero-order valence-corrected chi connectivity index (χ0v) is 19.3. The first kappa shape index (κ1) is 21.2. The maximum absolute atomic E-state index is 12.6. The van der Waals surface area contributed by atoms with Crippen molar-refractivity contribution in [1.82, 2.24) is 9.88 Å². The van der Waals surface area contributed by atoms with Crippen LogP contribution in [0.3, 0.4) is 0 Å². The molecule has 2 unspecified atom stereocenters. The molecule has 0 fully saturated rings. The fraction of sp³-hybridized carbons (Fsp3) is 0.444. The van der Waals surface area contributed by atoms with E-state index in [-0.39, 0.29) is 11.9 Å². The zero-order chi connectivity index (χ0) is 22.4. The Morgan fingerprint density at radius 2 is 2.12 bits per heavy atom. The molecule has 0 radical (unpaired) electrons. The highest BCUT2D eigenvalue weighted by atomic mass is 16.3. The minimum atomic E-state index is -0.538. The SMILES string of the molecule is CCCC(=O)N1c2ccc(C(O)CN3CCc4[nH]c5c(C)cccc5c4C3)cc2CC1C. The van der Waals surface area contributed by atoms with E-state index in [0.29, 0.717) is 13.0 Å². The number of hydrogen-bond acceptors (Lipinski definition) is 3. The molecule has 0 bridgehead atoms. The van der Waals surface area contributed by atoms with E-state index in [1.165, 1.54) is 33.3 Å². The standard InChI is InChI=1S/C27H33N3O2/c1-4-6-26(32)30-18(3)13-20-14-19(9-10-24(20)30)25(31)16-29-12-11-23-22(15-29)21-8-5-7-17(2)27(21)28-23/h5,7-10,14,18,25,28,31H,4,6,11-13,15-16H2,1-3H3. The molecule has 3 aromatic rings. The number of carbonyl (C=O) groups is 1. The van der Waals surface area contributed by atoms with E-state index in [9.17, 15) is 9.90 Å². The third-order valence-corrected chi connectivity index (χ3v) is 7.17. The second-order valence-electron chi connectivity index (χ2n) is 9.54. The van der Waals surface area contributed by atoms with Crippen LogP contribution in [0.25, 0.3) is 10.9 Å². The van der Waals surface area contributed by atoms with Gasteiger partial charge in [0.15, 0.2) is 0 Å². The van der Waals surface area contributed by atoms with E-state index in [1.807, 2.05) is 24.0 Å². The van der Waals surface area contributed by atoms with Crippen LogP contribution in [0.1, 0.15) is 60.7 Å². The molecule has 1 amide bonds. The van der Waals surface area contributed by atoms with Crippen molar-refractivity contribution in [3.63, 3.8) is 0 Å². The number of H-pyrrole nitrogens is 1. The van der Waals surface area contributed by atoms with Gasteiger partial charge < -0.3 is 15.0 Å². The third-order valence-electron chi connectivity index (χ3n) is 7.17. The van der Waals surface area contributed by atoms with Crippen LogP contribution in [0.2, 0.25) is 0 Å². The summed E-state index contributed by atoms with van der Waals surface area (Å²) in [5.41, 5.74) is 8.37. The number of hydrogen-bond donors (Lipinski definition) is 2. The number of anilines is 1. The van der Waals surface area contributed by atoms with E-state index in [1.54, 1.807) is 0 Å². The summed E-state index contributed by atoms with van der Waals surface area (Å²) in [5, 5.41) is 12.4. The number of fused-ring (bicyclic) bond motifs is 4. The second kappa shape index (κ2) is 8.38. The lowest BCUT2D eigenvalue weighted by molar-refractivity contribution is -0.118. The Morgan fingerprint density at radius 3 is 2.94 bits per heavy atom. The molecule has 168 valence electrons. The first-order chi connectivity index (χ1) is 15.5. The number of rotatable bonds is 5. The first-order valence-corrected chi connectivity index (χ1v) is 11.9. The number of aromatic nitrogens is 1. The van der Waals surface area contributed by atoms with Crippen LogP contribution in [0, 0.1) is 6.92 Å². The molecule has 5 nitrogen and oxygen atoms in total. The van der Waals surface area contributed by atoms with Gasteiger partial charge in [0.1, 0.15) is 0 Å². The number of β-amino-alcohol motifs (C(OH)–C–C–N with tert-alkyl or cyclic N) is 1. The van der Waals surface area contributed by atoms with Crippen LogP contribution < -0.4 is 4.90 Å². The predicted octanol–water partition coefficient (Wildman–Crippen LogP) is 4.65. The van der Waals surface area contributed by atoms with Crippen molar-refractivity contribution in [2.24, 2.45) is 0 Å². The Bertz CT molecular complexity index is 1170. The molecule has 1 aromatic heterocycles. The first-order valence-electron chi connectivity index (χ1n) is 11.9. The van der Waals surface area contributed by atoms with Crippen molar-refractivity contribution >= 4 is 22.5 Å². The number of aliphatic hydroxyl groups is 1. The van der Waals surface area contributed by atoms with E-state index >= 15 is 0 Å². The van der Waals surface area contributed by atoms with Gasteiger partial charge in [-0.15, -0.1) is 0 Å². The minimum Gasteiger partial charge on any atom is -0.387 e. The van der Waals surface area contributed by atoms with Crippen LogP contribution >= 0.6 is 0 Å². The van der Waals surface area contributed by atoms with Crippen molar-refractivity contribution < 1.29 is 9.90 Å². The van der Waals surface area contributed by atoms with Crippen molar-refractivity contribution in [3.05, 3.63) is 64.3 Å². The molecule has 5 rings (SSSR count). The van der Waals surface area contributed by atoms with Crippen LogP contribution in [0.5, 0.6) is 0 Å². The van der Waals surface area contributed by atoms with Crippen LogP contribution in [0.4, 0.5) is 5.69 Å². The largest absolute Gasteiger partial charge is 0.387 e. The molecule has 2 aliphatic rings. The van der Waals surface area contributed by atoms with Crippen LogP contribution in [0.15, 0.2) is 36.4 Å². The van der Waals surface area contributed by atoms with Gasteiger partial charge in [-0.05, 0) is 55.0 Å². The highest BCUT2D eigenvalue weighted by molar-refractivity contribution is 5.96. The monoisotopic (exact) mass is 431 g/mol.